The van der Waals surface area contributed by atoms with E-state index >= 15 is 0 Å². The highest BCUT2D eigenvalue weighted by molar-refractivity contribution is 6.39. The van der Waals surface area contributed by atoms with Crippen LogP contribution >= 0.6 is 23.2 Å². The van der Waals surface area contributed by atoms with Gasteiger partial charge in [-0.25, -0.2) is 14.8 Å². The topological polar surface area (TPSA) is 95.5 Å². The van der Waals surface area contributed by atoms with Crippen LogP contribution in [0.4, 0.5) is 0 Å². The average molecular weight is 515 g/mol. The lowest BCUT2D eigenvalue weighted by atomic mass is 10.0. The zero-order chi connectivity index (χ0) is 25.8. The maximum Gasteiger partial charge on any atom is 0.342 e. The molecule has 3 rings (SSSR count). The molecule has 0 atom stereocenters. The number of hydrogen-bond acceptors (Lipinski definition) is 7. The number of aromatic nitrogens is 2. The van der Waals surface area contributed by atoms with Crippen LogP contribution in [0.1, 0.15) is 58.4 Å². The smallest absolute Gasteiger partial charge is 0.342 e. The standard InChI is InChI=1S/C26H24Cl2N2O5/c1-26(2,3)35-21(32)13-16-10-8-15(9-11-16)12-19-23(25(33)34-4)20(14-31)30-24(29-19)22-17(27)6-5-7-18(22)28/h5-11,14H,12-13H2,1-4H3. The van der Waals surface area contributed by atoms with Crippen molar-refractivity contribution in [3.05, 3.63) is 80.6 Å². The molecule has 7 nitrogen and oxygen atoms in total. The summed E-state index contributed by atoms with van der Waals surface area (Å²) in [5.41, 5.74) is 1.46. The molecule has 3 aromatic rings. The highest BCUT2D eigenvalue weighted by Crippen LogP contribution is 2.33. The molecule has 0 bridgehead atoms. The van der Waals surface area contributed by atoms with E-state index in [1.54, 1.807) is 30.3 Å². The Morgan fingerprint density at radius 2 is 1.57 bits per heavy atom. The maximum absolute atomic E-state index is 12.5. The van der Waals surface area contributed by atoms with Gasteiger partial charge in [0.25, 0.3) is 0 Å². The predicted octanol–water partition coefficient (Wildman–Crippen LogP) is 5.52. The zero-order valence-electron chi connectivity index (χ0n) is 19.7. The van der Waals surface area contributed by atoms with Gasteiger partial charge in [-0.05, 0) is 44.0 Å². The summed E-state index contributed by atoms with van der Waals surface area (Å²) < 4.78 is 10.2. The van der Waals surface area contributed by atoms with Crippen molar-refractivity contribution >= 4 is 41.4 Å². The minimum atomic E-state index is -0.736. The molecule has 0 fully saturated rings. The van der Waals surface area contributed by atoms with Gasteiger partial charge in [0.15, 0.2) is 12.1 Å². The minimum absolute atomic E-state index is 0.0349. The molecule has 0 aliphatic heterocycles. The molecule has 182 valence electrons. The number of rotatable bonds is 7. The number of hydrogen-bond donors (Lipinski definition) is 0. The zero-order valence-corrected chi connectivity index (χ0v) is 21.2. The van der Waals surface area contributed by atoms with E-state index in [0.29, 0.717) is 21.9 Å². The Kier molecular flexibility index (Phi) is 8.25. The van der Waals surface area contributed by atoms with Crippen molar-refractivity contribution in [2.24, 2.45) is 0 Å². The molecule has 0 aliphatic carbocycles. The van der Waals surface area contributed by atoms with Crippen LogP contribution in [-0.2, 0) is 27.1 Å². The lowest BCUT2D eigenvalue weighted by Crippen LogP contribution is -2.24. The normalized spacial score (nSPS) is 11.1. The highest BCUT2D eigenvalue weighted by Gasteiger charge is 2.24. The SMILES string of the molecule is COC(=O)c1c(C=O)nc(-c2c(Cl)cccc2Cl)nc1Cc1ccc(CC(=O)OC(C)(C)C)cc1. The molecule has 0 aliphatic rings. The van der Waals surface area contributed by atoms with Gasteiger partial charge in [0.05, 0.1) is 34.8 Å². The molecule has 0 spiro atoms. The first-order valence-electron chi connectivity index (χ1n) is 10.7. The van der Waals surface area contributed by atoms with Gasteiger partial charge in [-0.1, -0.05) is 53.5 Å². The van der Waals surface area contributed by atoms with Gasteiger partial charge >= 0.3 is 11.9 Å². The van der Waals surface area contributed by atoms with Crippen LogP contribution in [-0.4, -0.2) is 40.9 Å². The van der Waals surface area contributed by atoms with Gasteiger partial charge in [-0.3, -0.25) is 9.59 Å². The number of methoxy groups -OCH3 is 1. The van der Waals surface area contributed by atoms with Crippen LogP contribution in [0.5, 0.6) is 0 Å². The molecule has 35 heavy (non-hydrogen) atoms. The van der Waals surface area contributed by atoms with Crippen molar-refractivity contribution in [3.8, 4) is 11.4 Å². The second kappa shape index (κ2) is 11.0. The quantitative estimate of drug-likeness (QED) is 0.302. The maximum atomic E-state index is 12.5. The van der Waals surface area contributed by atoms with E-state index in [0.717, 1.165) is 11.1 Å². The first-order chi connectivity index (χ1) is 16.5. The summed E-state index contributed by atoms with van der Waals surface area (Å²) >= 11 is 12.6. The fraction of sp³-hybridized carbons (Fsp3) is 0.269. The third-order valence-electron chi connectivity index (χ3n) is 4.86. The number of esters is 2. The lowest BCUT2D eigenvalue weighted by Gasteiger charge is -2.19. The molecule has 0 radical (unpaired) electrons. The first-order valence-corrected chi connectivity index (χ1v) is 11.5. The van der Waals surface area contributed by atoms with Crippen LogP contribution < -0.4 is 0 Å². The van der Waals surface area contributed by atoms with Crippen molar-refractivity contribution in [2.75, 3.05) is 7.11 Å². The van der Waals surface area contributed by atoms with E-state index in [-0.39, 0.29) is 41.6 Å². The first kappa shape index (κ1) is 26.3. The fourth-order valence-electron chi connectivity index (χ4n) is 3.40. The van der Waals surface area contributed by atoms with Crippen LogP contribution in [0.25, 0.3) is 11.4 Å². The fourth-order valence-corrected chi connectivity index (χ4v) is 3.97. The van der Waals surface area contributed by atoms with Gasteiger partial charge in [-0.15, -0.1) is 0 Å². The van der Waals surface area contributed by atoms with Gasteiger partial charge in [0.1, 0.15) is 16.9 Å². The molecular formula is C26H24Cl2N2O5. The largest absolute Gasteiger partial charge is 0.465 e. The Labute approximate surface area is 213 Å². The Morgan fingerprint density at radius 3 is 2.11 bits per heavy atom. The summed E-state index contributed by atoms with van der Waals surface area (Å²) in [4.78, 5) is 45.2. The van der Waals surface area contributed by atoms with Crippen LogP contribution in [0, 0.1) is 0 Å². The third-order valence-corrected chi connectivity index (χ3v) is 5.49. The number of benzene rings is 2. The molecule has 1 heterocycles. The number of aldehydes is 1. The second-order valence-corrected chi connectivity index (χ2v) is 9.53. The molecule has 0 saturated heterocycles. The van der Waals surface area contributed by atoms with Crippen molar-refractivity contribution in [1.29, 1.82) is 0 Å². The summed E-state index contributed by atoms with van der Waals surface area (Å²) in [5, 5.41) is 0.607. The van der Waals surface area contributed by atoms with Crippen molar-refractivity contribution < 1.29 is 23.9 Å². The Morgan fingerprint density at radius 1 is 0.971 bits per heavy atom. The van der Waals surface area contributed by atoms with Gasteiger partial charge in [0.2, 0.25) is 0 Å². The van der Waals surface area contributed by atoms with E-state index in [1.807, 2.05) is 32.9 Å². The third kappa shape index (κ3) is 6.65. The molecule has 1 aromatic heterocycles. The van der Waals surface area contributed by atoms with Crippen LogP contribution in [0.15, 0.2) is 42.5 Å². The molecule has 0 amide bonds. The van der Waals surface area contributed by atoms with Gasteiger partial charge in [-0.2, -0.15) is 0 Å². The average Bonchev–Trinajstić information content (AvgIpc) is 2.78. The van der Waals surface area contributed by atoms with E-state index in [1.165, 1.54) is 7.11 Å². The number of halogens is 2. The molecular weight excluding hydrogens is 491 g/mol. The number of ether oxygens (including phenoxy) is 2. The van der Waals surface area contributed by atoms with Crippen LogP contribution in [0.2, 0.25) is 10.0 Å². The number of nitrogens with zero attached hydrogens (tertiary/aromatic N) is 2. The summed E-state index contributed by atoms with van der Waals surface area (Å²) in [5.74, 6) is -0.946. The predicted molar refractivity (Wildman–Crippen MR) is 133 cm³/mol. The molecule has 9 heteroatoms. The van der Waals surface area contributed by atoms with Gasteiger partial charge < -0.3 is 9.47 Å². The molecule has 0 saturated carbocycles. The Balaban J connectivity index is 1.99. The van der Waals surface area contributed by atoms with Gasteiger partial charge in [0, 0.05) is 6.42 Å². The molecule has 0 N–H and O–H groups in total. The van der Waals surface area contributed by atoms with Crippen molar-refractivity contribution in [1.82, 2.24) is 9.97 Å². The van der Waals surface area contributed by atoms with Crippen LogP contribution in [0.3, 0.4) is 0 Å². The van der Waals surface area contributed by atoms with E-state index in [2.05, 4.69) is 9.97 Å². The molecule has 2 aromatic carbocycles. The summed E-state index contributed by atoms with van der Waals surface area (Å²) in [6.45, 7) is 5.44. The number of carbonyl (C=O) groups is 3. The molecule has 0 unspecified atom stereocenters. The Bertz CT molecular complexity index is 1250. The number of carbonyl (C=O) groups excluding carboxylic acids is 3. The lowest BCUT2D eigenvalue weighted by molar-refractivity contribution is -0.153. The van der Waals surface area contributed by atoms with E-state index in [9.17, 15) is 14.4 Å². The second-order valence-electron chi connectivity index (χ2n) is 8.72. The van der Waals surface area contributed by atoms with Crippen molar-refractivity contribution in [2.45, 2.75) is 39.2 Å². The summed E-state index contributed by atoms with van der Waals surface area (Å²) in [7, 11) is 1.21. The summed E-state index contributed by atoms with van der Waals surface area (Å²) in [6, 6.07) is 12.2. The minimum Gasteiger partial charge on any atom is -0.465 e. The van der Waals surface area contributed by atoms with E-state index in [4.69, 9.17) is 32.7 Å². The van der Waals surface area contributed by atoms with Crippen molar-refractivity contribution in [3.63, 3.8) is 0 Å². The highest BCUT2D eigenvalue weighted by atomic mass is 35.5. The Hall–Kier alpha value is -3.29. The monoisotopic (exact) mass is 514 g/mol. The summed E-state index contributed by atoms with van der Waals surface area (Å²) in [6.07, 6.45) is 0.786. The van der Waals surface area contributed by atoms with E-state index < -0.39 is 11.6 Å².